The highest BCUT2D eigenvalue weighted by molar-refractivity contribution is 8.11. The van der Waals surface area contributed by atoms with Gasteiger partial charge in [-0.15, -0.1) is 0 Å². The van der Waals surface area contributed by atoms with Crippen molar-refractivity contribution < 1.29 is 19.4 Å². The van der Waals surface area contributed by atoms with E-state index in [4.69, 9.17) is 4.74 Å². The fraction of sp³-hybridized carbons (Fsp3) is 0.333. The molecule has 0 radical (unpaired) electrons. The molecular weight excluding hydrogens is 362 g/mol. The number of piperidine rings is 1. The number of aliphatic carboxylic acids is 1. The van der Waals surface area contributed by atoms with E-state index < -0.39 is 17.3 Å². The number of rotatable bonds is 4. The summed E-state index contributed by atoms with van der Waals surface area (Å²) in [6.07, 6.45) is 2.34. The monoisotopic (exact) mass is 383 g/mol. The summed E-state index contributed by atoms with van der Waals surface area (Å²) in [6, 6.07) is 15.7. The Balaban J connectivity index is 1.44. The smallest absolute Gasteiger partial charge is 0.382 e. The molecular formula is C21H21NO4S. The van der Waals surface area contributed by atoms with Crippen molar-refractivity contribution in [3.63, 3.8) is 0 Å². The van der Waals surface area contributed by atoms with E-state index in [-0.39, 0.29) is 12.5 Å². The third kappa shape index (κ3) is 3.59. The highest BCUT2D eigenvalue weighted by Crippen LogP contribution is 2.44. The van der Waals surface area contributed by atoms with Crippen LogP contribution in [0.25, 0.3) is 11.1 Å². The van der Waals surface area contributed by atoms with Crippen molar-refractivity contribution in [3.8, 4) is 11.1 Å². The molecule has 0 saturated carbocycles. The minimum atomic E-state index is -0.881. The highest BCUT2D eigenvalue weighted by Gasteiger charge is 2.32. The second-order valence-corrected chi connectivity index (χ2v) is 7.85. The van der Waals surface area contributed by atoms with E-state index >= 15 is 0 Å². The van der Waals surface area contributed by atoms with Crippen LogP contribution in [-0.2, 0) is 9.53 Å². The first kappa shape index (κ1) is 18.1. The van der Waals surface area contributed by atoms with Gasteiger partial charge in [0.05, 0.1) is 0 Å². The standard InChI is InChI=1S/C21H21NO4S/c23-20(24)19-11-5-6-12-22(19)27-21(25)26-13-18-16-9-3-1-7-14(16)15-8-2-4-10-17(15)18/h1-4,7-10,18-19H,5-6,11-13H2,(H,23,24)/t19-/m0/s1. The number of benzene rings is 2. The normalized spacial score (nSPS) is 19.3. The molecule has 6 heteroatoms. The largest absolute Gasteiger partial charge is 0.480 e. The van der Waals surface area contributed by atoms with Crippen LogP contribution in [0.1, 0.15) is 36.3 Å². The molecule has 1 atom stereocenters. The maximum absolute atomic E-state index is 12.4. The van der Waals surface area contributed by atoms with Gasteiger partial charge in [0.25, 0.3) is 0 Å². The molecule has 0 bridgehead atoms. The van der Waals surface area contributed by atoms with Crippen LogP contribution in [-0.4, -0.2) is 39.9 Å². The van der Waals surface area contributed by atoms with E-state index in [1.54, 1.807) is 4.31 Å². The summed E-state index contributed by atoms with van der Waals surface area (Å²) in [7, 11) is 0. The van der Waals surface area contributed by atoms with E-state index in [0.29, 0.717) is 13.0 Å². The molecule has 1 heterocycles. The number of hydrogen-bond donors (Lipinski definition) is 1. The fourth-order valence-electron chi connectivity index (χ4n) is 3.97. The van der Waals surface area contributed by atoms with Gasteiger partial charge in [-0.1, -0.05) is 48.5 Å². The number of carbonyl (C=O) groups is 2. The van der Waals surface area contributed by atoms with Gasteiger partial charge in [0, 0.05) is 24.4 Å². The Labute approximate surface area is 162 Å². The van der Waals surface area contributed by atoms with Crippen molar-refractivity contribution in [3.05, 3.63) is 59.7 Å². The quantitative estimate of drug-likeness (QED) is 0.618. The summed E-state index contributed by atoms with van der Waals surface area (Å²) in [5.41, 5.74) is 4.70. The molecule has 140 valence electrons. The van der Waals surface area contributed by atoms with Crippen LogP contribution in [0.5, 0.6) is 0 Å². The number of carbonyl (C=O) groups excluding carboxylic acids is 1. The Hall–Kier alpha value is -2.31. The van der Waals surface area contributed by atoms with E-state index in [1.807, 2.05) is 24.3 Å². The van der Waals surface area contributed by atoms with E-state index in [2.05, 4.69) is 24.3 Å². The summed E-state index contributed by atoms with van der Waals surface area (Å²) in [5.74, 6) is -0.868. The predicted molar refractivity (Wildman–Crippen MR) is 105 cm³/mol. The average Bonchev–Trinajstić information content (AvgIpc) is 3.00. The summed E-state index contributed by atoms with van der Waals surface area (Å²) in [4.78, 5) is 23.7. The predicted octanol–water partition coefficient (Wildman–Crippen LogP) is 4.52. The molecule has 0 aromatic heterocycles. The summed E-state index contributed by atoms with van der Waals surface area (Å²) >= 11 is 0.894. The molecule has 1 N–H and O–H groups in total. The molecule has 2 aromatic rings. The van der Waals surface area contributed by atoms with Gasteiger partial charge in [-0.05, 0) is 41.5 Å². The van der Waals surface area contributed by atoms with Crippen LogP contribution in [0.3, 0.4) is 0 Å². The van der Waals surface area contributed by atoms with Gasteiger partial charge in [-0.25, -0.2) is 9.10 Å². The number of fused-ring (bicyclic) bond motifs is 3. The third-order valence-corrected chi connectivity index (χ3v) is 6.20. The molecule has 1 aliphatic heterocycles. The lowest BCUT2D eigenvalue weighted by atomic mass is 9.98. The molecule has 0 spiro atoms. The summed E-state index contributed by atoms with van der Waals surface area (Å²) in [5, 5.41) is 8.90. The van der Waals surface area contributed by atoms with Gasteiger partial charge in [0.15, 0.2) is 0 Å². The van der Waals surface area contributed by atoms with Gasteiger partial charge in [-0.2, -0.15) is 0 Å². The van der Waals surface area contributed by atoms with E-state index in [1.165, 1.54) is 11.1 Å². The molecule has 27 heavy (non-hydrogen) atoms. The van der Waals surface area contributed by atoms with Crippen molar-refractivity contribution in [2.75, 3.05) is 13.2 Å². The zero-order valence-electron chi connectivity index (χ0n) is 14.8. The minimum absolute atomic E-state index is 0.0126. The van der Waals surface area contributed by atoms with Gasteiger partial charge in [-0.3, -0.25) is 4.79 Å². The summed E-state index contributed by atoms with van der Waals surface area (Å²) < 4.78 is 7.20. The number of carboxylic acid groups (broad SMARTS) is 1. The lowest BCUT2D eigenvalue weighted by Gasteiger charge is -2.30. The molecule has 0 unspecified atom stereocenters. The van der Waals surface area contributed by atoms with Crippen molar-refractivity contribution in [1.82, 2.24) is 4.31 Å². The number of ether oxygens (including phenoxy) is 1. The molecule has 2 aliphatic rings. The first-order chi connectivity index (χ1) is 13.1. The lowest BCUT2D eigenvalue weighted by Crippen LogP contribution is -2.41. The highest BCUT2D eigenvalue weighted by atomic mass is 32.2. The molecule has 1 aliphatic carbocycles. The second-order valence-electron chi connectivity index (χ2n) is 6.87. The van der Waals surface area contributed by atoms with Crippen LogP contribution in [0.2, 0.25) is 0 Å². The number of carboxylic acids is 1. The summed E-state index contributed by atoms with van der Waals surface area (Å²) in [6.45, 7) is 0.845. The Morgan fingerprint density at radius 2 is 1.67 bits per heavy atom. The zero-order chi connectivity index (χ0) is 18.8. The second kappa shape index (κ2) is 7.74. The topological polar surface area (TPSA) is 66.8 Å². The Kier molecular flexibility index (Phi) is 5.18. The Morgan fingerprint density at radius 1 is 1.04 bits per heavy atom. The Morgan fingerprint density at radius 3 is 2.30 bits per heavy atom. The zero-order valence-corrected chi connectivity index (χ0v) is 15.7. The van der Waals surface area contributed by atoms with Crippen LogP contribution >= 0.6 is 11.9 Å². The van der Waals surface area contributed by atoms with Crippen LogP contribution in [0.15, 0.2) is 48.5 Å². The van der Waals surface area contributed by atoms with E-state index in [0.717, 1.165) is 35.9 Å². The fourth-order valence-corrected chi connectivity index (χ4v) is 4.83. The molecule has 5 nitrogen and oxygen atoms in total. The minimum Gasteiger partial charge on any atom is -0.480 e. The van der Waals surface area contributed by atoms with Gasteiger partial charge in [0.1, 0.15) is 12.6 Å². The maximum Gasteiger partial charge on any atom is 0.382 e. The maximum atomic E-state index is 12.4. The first-order valence-electron chi connectivity index (χ1n) is 9.17. The van der Waals surface area contributed by atoms with Crippen LogP contribution in [0.4, 0.5) is 4.79 Å². The first-order valence-corrected chi connectivity index (χ1v) is 9.95. The SMILES string of the molecule is O=C(OCC1c2ccccc2-c2ccccc21)SN1CCCC[C@H]1C(=O)O. The molecule has 1 fully saturated rings. The molecule has 2 aromatic carbocycles. The molecule has 4 rings (SSSR count). The van der Waals surface area contributed by atoms with Crippen molar-refractivity contribution in [2.45, 2.75) is 31.2 Å². The van der Waals surface area contributed by atoms with Crippen molar-refractivity contribution in [2.24, 2.45) is 0 Å². The van der Waals surface area contributed by atoms with Crippen molar-refractivity contribution in [1.29, 1.82) is 0 Å². The molecule has 0 amide bonds. The van der Waals surface area contributed by atoms with Gasteiger partial charge >= 0.3 is 11.3 Å². The van der Waals surface area contributed by atoms with Gasteiger partial charge in [0.2, 0.25) is 0 Å². The van der Waals surface area contributed by atoms with E-state index in [9.17, 15) is 14.7 Å². The average molecular weight is 383 g/mol. The van der Waals surface area contributed by atoms with Crippen LogP contribution < -0.4 is 0 Å². The molecule has 1 saturated heterocycles. The van der Waals surface area contributed by atoms with Gasteiger partial charge < -0.3 is 9.84 Å². The number of nitrogens with zero attached hydrogens (tertiary/aromatic N) is 1. The lowest BCUT2D eigenvalue weighted by molar-refractivity contribution is -0.142. The van der Waals surface area contributed by atoms with Crippen LogP contribution in [0, 0.1) is 0 Å². The third-order valence-electron chi connectivity index (χ3n) is 5.26. The van der Waals surface area contributed by atoms with Crippen molar-refractivity contribution >= 4 is 23.2 Å². The Bertz CT molecular complexity index is 823. The number of hydrogen-bond acceptors (Lipinski definition) is 5.